The van der Waals surface area contributed by atoms with Crippen molar-refractivity contribution in [3.8, 4) is 0 Å². The molecular formula is C16H26N2O2. The number of aliphatic hydroxyl groups excluding tert-OH is 1. The van der Waals surface area contributed by atoms with Gasteiger partial charge in [0.25, 0.3) is 0 Å². The van der Waals surface area contributed by atoms with Crippen LogP contribution in [0, 0.1) is 5.92 Å². The third-order valence-corrected chi connectivity index (χ3v) is 3.43. The number of carbonyl (C=O) groups is 1. The summed E-state index contributed by atoms with van der Waals surface area (Å²) in [5, 5.41) is 11.9. The summed E-state index contributed by atoms with van der Waals surface area (Å²) < 4.78 is 0. The van der Waals surface area contributed by atoms with Crippen molar-refractivity contribution in [3.63, 3.8) is 0 Å². The van der Waals surface area contributed by atoms with Gasteiger partial charge in [0.15, 0.2) is 0 Å². The molecule has 4 N–H and O–H groups in total. The summed E-state index contributed by atoms with van der Waals surface area (Å²) in [6.07, 6.45) is 3.33. The molecule has 0 radical (unpaired) electrons. The number of aliphatic hydroxyl groups is 1. The van der Waals surface area contributed by atoms with Crippen LogP contribution in [0.25, 0.3) is 0 Å². The van der Waals surface area contributed by atoms with Gasteiger partial charge in [0, 0.05) is 13.2 Å². The van der Waals surface area contributed by atoms with Gasteiger partial charge in [-0.25, -0.2) is 0 Å². The van der Waals surface area contributed by atoms with Crippen molar-refractivity contribution >= 4 is 5.91 Å². The highest BCUT2D eigenvalue weighted by atomic mass is 16.3. The Bertz CT molecular complexity index is 375. The van der Waals surface area contributed by atoms with E-state index in [1.165, 1.54) is 0 Å². The maximum absolute atomic E-state index is 12.0. The minimum atomic E-state index is -0.520. The lowest BCUT2D eigenvalue weighted by molar-refractivity contribution is -0.122. The molecule has 1 aromatic rings. The molecular weight excluding hydrogens is 252 g/mol. The number of rotatable bonds is 9. The summed E-state index contributed by atoms with van der Waals surface area (Å²) >= 11 is 0. The summed E-state index contributed by atoms with van der Waals surface area (Å²) in [5.74, 6) is 0.214. The minimum absolute atomic E-state index is 0.118. The Hall–Kier alpha value is -1.39. The standard InChI is InChI=1S/C16H26N2O2/c1-2-6-14(9-10-19)12-18-16(20)15(17)11-13-7-4-3-5-8-13/h3-5,7-8,14-15,19H,2,6,9-12,17H2,1H3,(H,18,20)/t14?,15-/m1/s1. The van der Waals surface area contributed by atoms with Gasteiger partial charge in [-0.3, -0.25) is 4.79 Å². The lowest BCUT2D eigenvalue weighted by atomic mass is 10.00. The molecule has 2 atom stereocenters. The number of benzene rings is 1. The Labute approximate surface area is 121 Å². The molecule has 0 bridgehead atoms. The third kappa shape index (κ3) is 6.17. The van der Waals surface area contributed by atoms with Crippen LogP contribution in [0.5, 0.6) is 0 Å². The molecule has 1 rings (SSSR count). The number of hydrogen-bond acceptors (Lipinski definition) is 3. The average Bonchev–Trinajstić information content (AvgIpc) is 2.46. The quantitative estimate of drug-likeness (QED) is 0.640. The van der Waals surface area contributed by atoms with Gasteiger partial charge in [-0.2, -0.15) is 0 Å². The first-order chi connectivity index (χ1) is 9.67. The summed E-state index contributed by atoms with van der Waals surface area (Å²) in [7, 11) is 0. The molecule has 0 aromatic heterocycles. The molecule has 112 valence electrons. The van der Waals surface area contributed by atoms with E-state index in [0.717, 1.165) is 24.8 Å². The second kappa shape index (κ2) is 9.50. The summed E-state index contributed by atoms with van der Waals surface area (Å²) in [6, 6.07) is 9.25. The summed E-state index contributed by atoms with van der Waals surface area (Å²) in [4.78, 5) is 12.0. The van der Waals surface area contributed by atoms with E-state index in [-0.39, 0.29) is 12.5 Å². The highest BCUT2D eigenvalue weighted by Gasteiger charge is 2.15. The van der Waals surface area contributed by atoms with E-state index in [2.05, 4.69) is 12.2 Å². The SMILES string of the molecule is CCCC(CCO)CNC(=O)[C@H](N)Cc1ccccc1. The number of amides is 1. The molecule has 0 aliphatic heterocycles. The van der Waals surface area contributed by atoms with Crippen LogP contribution in [0.3, 0.4) is 0 Å². The van der Waals surface area contributed by atoms with E-state index < -0.39 is 6.04 Å². The molecule has 0 saturated carbocycles. The van der Waals surface area contributed by atoms with Gasteiger partial charge in [-0.05, 0) is 30.7 Å². The van der Waals surface area contributed by atoms with Crippen LogP contribution in [0.2, 0.25) is 0 Å². The lowest BCUT2D eigenvalue weighted by Gasteiger charge is -2.18. The normalized spacial score (nSPS) is 13.8. The fourth-order valence-electron chi connectivity index (χ4n) is 2.28. The molecule has 20 heavy (non-hydrogen) atoms. The van der Waals surface area contributed by atoms with Gasteiger partial charge in [0.2, 0.25) is 5.91 Å². The zero-order chi connectivity index (χ0) is 14.8. The molecule has 1 aromatic carbocycles. The van der Waals surface area contributed by atoms with E-state index in [1.807, 2.05) is 30.3 Å². The van der Waals surface area contributed by atoms with Gasteiger partial charge in [0.05, 0.1) is 6.04 Å². The van der Waals surface area contributed by atoms with E-state index in [1.54, 1.807) is 0 Å². The Balaban J connectivity index is 2.37. The highest BCUT2D eigenvalue weighted by Crippen LogP contribution is 2.09. The number of hydrogen-bond donors (Lipinski definition) is 3. The highest BCUT2D eigenvalue weighted by molar-refractivity contribution is 5.81. The first-order valence-corrected chi connectivity index (χ1v) is 7.35. The van der Waals surface area contributed by atoms with Crippen LogP contribution in [-0.4, -0.2) is 30.2 Å². The molecule has 0 spiro atoms. The molecule has 0 aliphatic carbocycles. The van der Waals surface area contributed by atoms with Crippen LogP contribution < -0.4 is 11.1 Å². The Morgan fingerprint density at radius 2 is 2.00 bits per heavy atom. The van der Waals surface area contributed by atoms with E-state index in [4.69, 9.17) is 10.8 Å². The number of nitrogens with one attached hydrogen (secondary N) is 1. The van der Waals surface area contributed by atoms with Crippen LogP contribution in [-0.2, 0) is 11.2 Å². The zero-order valence-electron chi connectivity index (χ0n) is 12.2. The maximum atomic E-state index is 12.0. The third-order valence-electron chi connectivity index (χ3n) is 3.43. The van der Waals surface area contributed by atoms with Gasteiger partial charge in [-0.15, -0.1) is 0 Å². The summed E-state index contributed by atoms with van der Waals surface area (Å²) in [6.45, 7) is 2.86. The van der Waals surface area contributed by atoms with Crippen molar-refractivity contribution in [3.05, 3.63) is 35.9 Å². The smallest absolute Gasteiger partial charge is 0.237 e. The largest absolute Gasteiger partial charge is 0.396 e. The number of carbonyl (C=O) groups excluding carboxylic acids is 1. The molecule has 4 nitrogen and oxygen atoms in total. The van der Waals surface area contributed by atoms with Crippen molar-refractivity contribution in [2.75, 3.05) is 13.2 Å². The molecule has 0 fully saturated rings. The first-order valence-electron chi connectivity index (χ1n) is 7.35. The van der Waals surface area contributed by atoms with Gasteiger partial charge >= 0.3 is 0 Å². The van der Waals surface area contributed by atoms with Crippen LogP contribution >= 0.6 is 0 Å². The number of nitrogens with two attached hydrogens (primary N) is 1. The van der Waals surface area contributed by atoms with Crippen LogP contribution in [0.4, 0.5) is 0 Å². The predicted octanol–water partition coefficient (Wildman–Crippen LogP) is 1.47. The second-order valence-corrected chi connectivity index (χ2v) is 5.21. The molecule has 0 saturated heterocycles. The topological polar surface area (TPSA) is 75.3 Å². The first kappa shape index (κ1) is 16.7. The maximum Gasteiger partial charge on any atom is 0.237 e. The van der Waals surface area contributed by atoms with Gasteiger partial charge in [-0.1, -0.05) is 43.7 Å². The lowest BCUT2D eigenvalue weighted by Crippen LogP contribution is -2.43. The Morgan fingerprint density at radius 3 is 2.60 bits per heavy atom. The van der Waals surface area contributed by atoms with Crippen molar-refractivity contribution in [1.29, 1.82) is 0 Å². The van der Waals surface area contributed by atoms with Crippen molar-refractivity contribution < 1.29 is 9.90 Å². The molecule has 1 amide bonds. The Morgan fingerprint density at radius 1 is 1.30 bits per heavy atom. The van der Waals surface area contributed by atoms with Crippen molar-refractivity contribution in [2.45, 2.75) is 38.6 Å². The molecule has 0 aliphatic rings. The zero-order valence-corrected chi connectivity index (χ0v) is 12.2. The fraction of sp³-hybridized carbons (Fsp3) is 0.562. The fourth-order valence-corrected chi connectivity index (χ4v) is 2.28. The van der Waals surface area contributed by atoms with E-state index >= 15 is 0 Å². The van der Waals surface area contributed by atoms with Gasteiger partial charge in [0.1, 0.15) is 0 Å². The molecule has 4 heteroatoms. The summed E-state index contributed by atoms with van der Waals surface area (Å²) in [5.41, 5.74) is 6.99. The van der Waals surface area contributed by atoms with E-state index in [0.29, 0.717) is 18.9 Å². The Kier molecular flexibility index (Phi) is 7.92. The predicted molar refractivity (Wildman–Crippen MR) is 81.2 cm³/mol. The average molecular weight is 278 g/mol. The van der Waals surface area contributed by atoms with Crippen LogP contribution in [0.1, 0.15) is 31.7 Å². The second-order valence-electron chi connectivity index (χ2n) is 5.21. The van der Waals surface area contributed by atoms with Gasteiger partial charge < -0.3 is 16.2 Å². The monoisotopic (exact) mass is 278 g/mol. The molecule has 0 heterocycles. The molecule has 1 unspecified atom stereocenters. The van der Waals surface area contributed by atoms with E-state index in [9.17, 15) is 4.79 Å². The van der Waals surface area contributed by atoms with Crippen molar-refractivity contribution in [2.24, 2.45) is 11.7 Å². The van der Waals surface area contributed by atoms with Crippen LogP contribution in [0.15, 0.2) is 30.3 Å². The van der Waals surface area contributed by atoms with Crippen molar-refractivity contribution in [1.82, 2.24) is 5.32 Å². The minimum Gasteiger partial charge on any atom is -0.396 e.